The molecule has 12 heavy (non-hydrogen) atoms. The van der Waals surface area contributed by atoms with Crippen molar-refractivity contribution in [3.05, 3.63) is 0 Å². The Kier molecular flexibility index (Phi) is 2.98. The molecule has 2 atom stereocenters. The summed E-state index contributed by atoms with van der Waals surface area (Å²) < 4.78 is 5.53. The van der Waals surface area contributed by atoms with Crippen molar-refractivity contribution in [3.8, 4) is 0 Å². The Morgan fingerprint density at radius 2 is 2.42 bits per heavy atom. The summed E-state index contributed by atoms with van der Waals surface area (Å²) in [7, 11) is 0. The maximum atomic E-state index is 5.53. The Morgan fingerprint density at radius 3 is 3.08 bits per heavy atom. The summed E-state index contributed by atoms with van der Waals surface area (Å²) in [6, 6.07) is 0.689. The lowest BCUT2D eigenvalue weighted by Gasteiger charge is -2.14. The molecule has 0 bridgehead atoms. The smallest absolute Gasteiger partial charge is 0.0700 e. The minimum absolute atomic E-state index is 0.491. The summed E-state index contributed by atoms with van der Waals surface area (Å²) in [5.74, 6) is 0. The van der Waals surface area contributed by atoms with Crippen LogP contribution >= 0.6 is 0 Å². The average Bonchev–Trinajstić information content (AvgIpc) is 2.74. The second-order valence-electron chi connectivity index (χ2n) is 3.73. The molecule has 0 saturated carbocycles. The van der Waals surface area contributed by atoms with E-state index in [1.807, 2.05) is 0 Å². The Bertz CT molecular complexity index is 112. The summed E-state index contributed by atoms with van der Waals surface area (Å²) in [5, 5.41) is 6.88. The van der Waals surface area contributed by atoms with Crippen LogP contribution in [0.4, 0.5) is 0 Å². The van der Waals surface area contributed by atoms with Crippen LogP contribution in [0.3, 0.4) is 0 Å². The molecule has 2 unspecified atom stereocenters. The zero-order chi connectivity index (χ0) is 8.23. The third-order valence-corrected chi connectivity index (χ3v) is 2.72. The molecule has 0 spiro atoms. The molecular weight excluding hydrogens is 152 g/mol. The Labute approximate surface area is 73.9 Å². The quantitative estimate of drug-likeness (QED) is 0.631. The first-order valence-corrected chi connectivity index (χ1v) is 5.01. The number of hydrogen-bond acceptors (Lipinski definition) is 3. The normalized spacial score (nSPS) is 36.0. The molecule has 0 aliphatic carbocycles. The second-order valence-corrected chi connectivity index (χ2v) is 3.73. The van der Waals surface area contributed by atoms with Gasteiger partial charge in [0.05, 0.1) is 6.10 Å². The van der Waals surface area contributed by atoms with Gasteiger partial charge in [0.2, 0.25) is 0 Å². The van der Waals surface area contributed by atoms with E-state index in [4.69, 9.17) is 4.74 Å². The molecule has 70 valence electrons. The molecule has 2 heterocycles. The second kappa shape index (κ2) is 4.21. The molecule has 2 aliphatic heterocycles. The van der Waals surface area contributed by atoms with E-state index in [1.165, 1.54) is 25.8 Å². The summed E-state index contributed by atoms with van der Waals surface area (Å²) in [6.45, 7) is 4.32. The number of rotatable bonds is 3. The maximum Gasteiger partial charge on any atom is 0.0700 e. The molecule has 2 fully saturated rings. The monoisotopic (exact) mass is 170 g/mol. The van der Waals surface area contributed by atoms with Crippen molar-refractivity contribution in [1.82, 2.24) is 10.6 Å². The lowest BCUT2D eigenvalue weighted by atomic mass is 10.2. The van der Waals surface area contributed by atoms with Crippen LogP contribution < -0.4 is 10.6 Å². The lowest BCUT2D eigenvalue weighted by molar-refractivity contribution is 0.108. The third kappa shape index (κ3) is 2.19. The lowest BCUT2D eigenvalue weighted by Crippen LogP contribution is -2.36. The molecule has 0 aromatic carbocycles. The zero-order valence-electron chi connectivity index (χ0n) is 7.51. The van der Waals surface area contributed by atoms with E-state index in [-0.39, 0.29) is 0 Å². The summed E-state index contributed by atoms with van der Waals surface area (Å²) in [5.41, 5.74) is 0. The fraction of sp³-hybridized carbons (Fsp3) is 1.00. The van der Waals surface area contributed by atoms with Gasteiger partial charge in [-0.25, -0.2) is 0 Å². The van der Waals surface area contributed by atoms with Crippen LogP contribution in [0.15, 0.2) is 0 Å². The highest BCUT2D eigenvalue weighted by Gasteiger charge is 2.18. The van der Waals surface area contributed by atoms with Crippen LogP contribution in [-0.2, 0) is 4.74 Å². The minimum atomic E-state index is 0.491. The standard InChI is InChI=1S/C9H18N2O/c1-2-9(12-5-1)7-11-8-3-4-10-6-8/h8-11H,1-7H2. The number of nitrogens with one attached hydrogen (secondary N) is 2. The molecule has 2 aliphatic rings. The van der Waals surface area contributed by atoms with Gasteiger partial charge in [0, 0.05) is 25.7 Å². The van der Waals surface area contributed by atoms with Crippen molar-refractivity contribution in [1.29, 1.82) is 0 Å². The SMILES string of the molecule is C1COC(CNC2CCNC2)C1. The van der Waals surface area contributed by atoms with E-state index in [2.05, 4.69) is 10.6 Å². The molecule has 0 amide bonds. The molecular formula is C9H18N2O. The van der Waals surface area contributed by atoms with Crippen molar-refractivity contribution in [2.24, 2.45) is 0 Å². The summed E-state index contributed by atoms with van der Waals surface area (Å²) in [6.07, 6.45) is 4.25. The van der Waals surface area contributed by atoms with Crippen molar-refractivity contribution in [3.63, 3.8) is 0 Å². The molecule has 3 nitrogen and oxygen atoms in total. The van der Waals surface area contributed by atoms with E-state index >= 15 is 0 Å². The fourth-order valence-corrected chi connectivity index (χ4v) is 1.93. The molecule has 0 aromatic heterocycles. The van der Waals surface area contributed by atoms with Gasteiger partial charge in [-0.2, -0.15) is 0 Å². The van der Waals surface area contributed by atoms with Crippen molar-refractivity contribution >= 4 is 0 Å². The van der Waals surface area contributed by atoms with E-state index in [0.29, 0.717) is 12.1 Å². The van der Waals surface area contributed by atoms with Crippen LogP contribution in [0.5, 0.6) is 0 Å². The Hall–Kier alpha value is -0.120. The fourth-order valence-electron chi connectivity index (χ4n) is 1.93. The summed E-state index contributed by atoms with van der Waals surface area (Å²) >= 11 is 0. The van der Waals surface area contributed by atoms with Gasteiger partial charge in [0.1, 0.15) is 0 Å². The third-order valence-electron chi connectivity index (χ3n) is 2.72. The van der Waals surface area contributed by atoms with Gasteiger partial charge in [0.25, 0.3) is 0 Å². The van der Waals surface area contributed by atoms with Crippen LogP contribution in [-0.4, -0.2) is 38.4 Å². The van der Waals surface area contributed by atoms with Gasteiger partial charge < -0.3 is 15.4 Å². The predicted molar refractivity (Wildman–Crippen MR) is 48.3 cm³/mol. The number of ether oxygens (including phenoxy) is 1. The molecule has 0 radical (unpaired) electrons. The first kappa shape index (κ1) is 8.48. The van der Waals surface area contributed by atoms with Gasteiger partial charge in [-0.15, -0.1) is 0 Å². The van der Waals surface area contributed by atoms with E-state index < -0.39 is 0 Å². The maximum absolute atomic E-state index is 5.53. The van der Waals surface area contributed by atoms with Gasteiger partial charge in [-0.05, 0) is 25.8 Å². The Morgan fingerprint density at radius 1 is 1.42 bits per heavy atom. The first-order valence-electron chi connectivity index (χ1n) is 5.01. The average molecular weight is 170 g/mol. The Balaban J connectivity index is 1.60. The van der Waals surface area contributed by atoms with Gasteiger partial charge >= 0.3 is 0 Å². The van der Waals surface area contributed by atoms with Crippen LogP contribution in [0.25, 0.3) is 0 Å². The first-order chi connectivity index (χ1) is 5.95. The van der Waals surface area contributed by atoms with Crippen molar-refractivity contribution < 1.29 is 4.74 Å². The summed E-state index contributed by atoms with van der Waals surface area (Å²) in [4.78, 5) is 0. The van der Waals surface area contributed by atoms with E-state index in [0.717, 1.165) is 19.7 Å². The topological polar surface area (TPSA) is 33.3 Å². The predicted octanol–water partition coefficient (Wildman–Crippen LogP) is 0.117. The van der Waals surface area contributed by atoms with Crippen molar-refractivity contribution in [2.75, 3.05) is 26.2 Å². The molecule has 2 rings (SSSR count). The minimum Gasteiger partial charge on any atom is -0.377 e. The van der Waals surface area contributed by atoms with E-state index in [9.17, 15) is 0 Å². The molecule has 3 heteroatoms. The highest BCUT2D eigenvalue weighted by atomic mass is 16.5. The highest BCUT2D eigenvalue weighted by Crippen LogP contribution is 2.11. The van der Waals surface area contributed by atoms with Gasteiger partial charge in [-0.1, -0.05) is 0 Å². The van der Waals surface area contributed by atoms with Crippen LogP contribution in [0.2, 0.25) is 0 Å². The van der Waals surface area contributed by atoms with Crippen LogP contribution in [0, 0.1) is 0 Å². The van der Waals surface area contributed by atoms with Gasteiger partial charge in [0.15, 0.2) is 0 Å². The van der Waals surface area contributed by atoms with Crippen molar-refractivity contribution in [2.45, 2.75) is 31.4 Å². The highest BCUT2D eigenvalue weighted by molar-refractivity contribution is 4.79. The number of hydrogen-bond donors (Lipinski definition) is 2. The molecule has 2 saturated heterocycles. The molecule has 0 aromatic rings. The zero-order valence-corrected chi connectivity index (χ0v) is 7.51. The van der Waals surface area contributed by atoms with Crippen LogP contribution in [0.1, 0.15) is 19.3 Å². The van der Waals surface area contributed by atoms with Gasteiger partial charge in [-0.3, -0.25) is 0 Å². The molecule has 2 N–H and O–H groups in total. The largest absolute Gasteiger partial charge is 0.377 e. The van der Waals surface area contributed by atoms with E-state index in [1.54, 1.807) is 0 Å².